The van der Waals surface area contributed by atoms with Gasteiger partial charge in [-0.2, -0.15) is 0 Å². The molecule has 0 spiro atoms. The van der Waals surface area contributed by atoms with E-state index in [-0.39, 0.29) is 17.7 Å². The topological polar surface area (TPSA) is 70.1 Å². The molecule has 2 rings (SSSR count). The highest BCUT2D eigenvalue weighted by Gasteiger charge is 2.25. The van der Waals surface area contributed by atoms with Crippen LogP contribution in [0.15, 0.2) is 24.3 Å². The van der Waals surface area contributed by atoms with Gasteiger partial charge in [-0.15, -0.1) is 0 Å². The average Bonchev–Trinajstić information content (AvgIpc) is 2.54. The number of nitrogens with zero attached hydrogens (tertiary/aromatic N) is 2. The van der Waals surface area contributed by atoms with Crippen LogP contribution in [-0.2, 0) is 4.74 Å². The summed E-state index contributed by atoms with van der Waals surface area (Å²) in [6.45, 7) is 4.36. The van der Waals surface area contributed by atoms with Gasteiger partial charge in [0.1, 0.15) is 5.75 Å². The summed E-state index contributed by atoms with van der Waals surface area (Å²) in [5.41, 5.74) is 0.457. The summed E-state index contributed by atoms with van der Waals surface area (Å²) in [4.78, 5) is 27.5. The largest absolute Gasteiger partial charge is 0.508 e. The zero-order valence-corrected chi connectivity index (χ0v) is 12.8. The van der Waals surface area contributed by atoms with Gasteiger partial charge in [0.2, 0.25) is 0 Å². The van der Waals surface area contributed by atoms with Crippen molar-refractivity contribution in [3.05, 3.63) is 29.8 Å². The lowest BCUT2D eigenvalue weighted by molar-refractivity contribution is 0.0557. The minimum atomic E-state index is -0.307. The minimum absolute atomic E-state index is 0.0731. The van der Waals surface area contributed by atoms with Crippen molar-refractivity contribution in [3.63, 3.8) is 0 Å². The fourth-order valence-electron chi connectivity index (χ4n) is 2.31. The summed E-state index contributed by atoms with van der Waals surface area (Å²) >= 11 is 0. The van der Waals surface area contributed by atoms with Gasteiger partial charge in [0.25, 0.3) is 5.91 Å². The van der Waals surface area contributed by atoms with Crippen LogP contribution in [-0.4, -0.2) is 59.7 Å². The number of amides is 2. The molecule has 1 fully saturated rings. The van der Waals surface area contributed by atoms with Crippen molar-refractivity contribution in [1.82, 2.24) is 9.80 Å². The average molecular weight is 306 g/mol. The van der Waals surface area contributed by atoms with Crippen molar-refractivity contribution in [2.24, 2.45) is 0 Å². The van der Waals surface area contributed by atoms with Crippen LogP contribution < -0.4 is 0 Å². The van der Waals surface area contributed by atoms with Crippen molar-refractivity contribution >= 4 is 12.0 Å². The maximum absolute atomic E-state index is 12.3. The van der Waals surface area contributed by atoms with Gasteiger partial charge in [-0.3, -0.25) is 4.79 Å². The first kappa shape index (κ1) is 16.1. The molecule has 1 aromatic carbocycles. The lowest BCUT2D eigenvalue weighted by atomic mass is 10.1. The fourth-order valence-corrected chi connectivity index (χ4v) is 2.31. The Morgan fingerprint density at radius 3 is 2.50 bits per heavy atom. The summed E-state index contributed by atoms with van der Waals surface area (Å²) < 4.78 is 5.17. The highest BCUT2D eigenvalue weighted by molar-refractivity contribution is 5.94. The van der Waals surface area contributed by atoms with Crippen LogP contribution in [0.2, 0.25) is 0 Å². The second-order valence-electron chi connectivity index (χ2n) is 5.30. The van der Waals surface area contributed by atoms with Crippen molar-refractivity contribution in [2.75, 3.05) is 32.8 Å². The molecule has 0 aliphatic carbocycles. The Morgan fingerprint density at radius 2 is 1.86 bits per heavy atom. The van der Waals surface area contributed by atoms with E-state index in [1.807, 2.05) is 6.92 Å². The van der Waals surface area contributed by atoms with Crippen molar-refractivity contribution < 1.29 is 19.4 Å². The highest BCUT2D eigenvalue weighted by Crippen LogP contribution is 2.14. The first-order chi connectivity index (χ1) is 10.6. The van der Waals surface area contributed by atoms with Crippen LogP contribution in [0.3, 0.4) is 0 Å². The van der Waals surface area contributed by atoms with E-state index in [1.54, 1.807) is 21.9 Å². The standard InChI is InChI=1S/C16H22N2O4/c1-2-3-11-22-16(21)18-9-7-17(8-10-18)15(20)13-5-4-6-14(19)12-13/h4-6,12,19H,2-3,7-11H2,1H3. The van der Waals surface area contributed by atoms with Gasteiger partial charge in [0.15, 0.2) is 0 Å². The molecule has 1 heterocycles. The predicted octanol–water partition coefficient (Wildman–Crippen LogP) is 2.09. The van der Waals surface area contributed by atoms with Crippen LogP contribution in [0.25, 0.3) is 0 Å². The molecular weight excluding hydrogens is 284 g/mol. The highest BCUT2D eigenvalue weighted by atomic mass is 16.6. The van der Waals surface area contributed by atoms with Crippen molar-refractivity contribution in [2.45, 2.75) is 19.8 Å². The van der Waals surface area contributed by atoms with E-state index in [1.165, 1.54) is 12.1 Å². The van der Waals surface area contributed by atoms with E-state index in [0.29, 0.717) is 38.3 Å². The first-order valence-corrected chi connectivity index (χ1v) is 7.62. The Labute approximate surface area is 130 Å². The summed E-state index contributed by atoms with van der Waals surface area (Å²) in [6, 6.07) is 6.30. The third-order valence-electron chi connectivity index (χ3n) is 3.64. The lowest BCUT2D eigenvalue weighted by Gasteiger charge is -2.34. The zero-order chi connectivity index (χ0) is 15.9. The Morgan fingerprint density at radius 1 is 1.18 bits per heavy atom. The molecule has 22 heavy (non-hydrogen) atoms. The van der Waals surface area contributed by atoms with E-state index >= 15 is 0 Å². The van der Waals surface area contributed by atoms with Crippen LogP contribution in [0, 0.1) is 0 Å². The number of benzene rings is 1. The molecule has 0 unspecified atom stereocenters. The smallest absolute Gasteiger partial charge is 0.409 e. The third-order valence-corrected chi connectivity index (χ3v) is 3.64. The Bertz CT molecular complexity index is 525. The van der Waals surface area contributed by atoms with Gasteiger partial charge < -0.3 is 19.6 Å². The van der Waals surface area contributed by atoms with Gasteiger partial charge in [-0.25, -0.2) is 4.79 Å². The monoisotopic (exact) mass is 306 g/mol. The van der Waals surface area contributed by atoms with Crippen LogP contribution in [0.4, 0.5) is 4.79 Å². The van der Waals surface area contributed by atoms with E-state index in [9.17, 15) is 14.7 Å². The van der Waals surface area contributed by atoms with Gasteiger partial charge >= 0.3 is 6.09 Å². The molecule has 1 aliphatic heterocycles. The summed E-state index contributed by atoms with van der Waals surface area (Å²) in [7, 11) is 0. The Kier molecular flexibility index (Phi) is 5.63. The molecule has 1 aromatic rings. The number of aromatic hydroxyl groups is 1. The van der Waals surface area contributed by atoms with Crippen LogP contribution in [0.5, 0.6) is 5.75 Å². The molecule has 0 aromatic heterocycles. The number of unbranched alkanes of at least 4 members (excludes halogenated alkanes) is 1. The number of carbonyl (C=O) groups is 2. The molecule has 0 saturated carbocycles. The number of phenolic OH excluding ortho intramolecular Hbond substituents is 1. The molecule has 0 atom stereocenters. The number of hydrogen-bond donors (Lipinski definition) is 1. The number of phenols is 1. The summed E-state index contributed by atoms with van der Waals surface area (Å²) in [5.74, 6) is -0.0566. The van der Waals surface area contributed by atoms with Gasteiger partial charge in [0, 0.05) is 31.7 Å². The van der Waals surface area contributed by atoms with Gasteiger partial charge in [0.05, 0.1) is 6.61 Å². The van der Waals surface area contributed by atoms with E-state index in [2.05, 4.69) is 0 Å². The number of carbonyl (C=O) groups excluding carboxylic acids is 2. The maximum Gasteiger partial charge on any atom is 0.409 e. The molecule has 1 saturated heterocycles. The van der Waals surface area contributed by atoms with Crippen LogP contribution >= 0.6 is 0 Å². The Hall–Kier alpha value is -2.24. The second kappa shape index (κ2) is 7.68. The van der Waals surface area contributed by atoms with Crippen LogP contribution in [0.1, 0.15) is 30.1 Å². The van der Waals surface area contributed by atoms with Gasteiger partial charge in [-0.05, 0) is 24.6 Å². The van der Waals surface area contributed by atoms with E-state index in [0.717, 1.165) is 12.8 Å². The second-order valence-corrected chi connectivity index (χ2v) is 5.30. The quantitative estimate of drug-likeness (QED) is 0.865. The molecule has 6 nitrogen and oxygen atoms in total. The number of hydrogen-bond acceptors (Lipinski definition) is 4. The van der Waals surface area contributed by atoms with Crippen molar-refractivity contribution in [3.8, 4) is 5.75 Å². The van der Waals surface area contributed by atoms with Gasteiger partial charge in [-0.1, -0.05) is 19.4 Å². The van der Waals surface area contributed by atoms with Crippen molar-refractivity contribution in [1.29, 1.82) is 0 Å². The van der Waals surface area contributed by atoms with E-state index in [4.69, 9.17) is 4.74 Å². The molecule has 0 radical (unpaired) electrons. The normalized spacial score (nSPS) is 14.8. The number of piperazine rings is 1. The SMILES string of the molecule is CCCCOC(=O)N1CCN(C(=O)c2cccc(O)c2)CC1. The van der Waals surface area contributed by atoms with E-state index < -0.39 is 0 Å². The Balaban J connectivity index is 1.84. The molecule has 1 N–H and O–H groups in total. The molecule has 120 valence electrons. The number of rotatable bonds is 4. The predicted molar refractivity (Wildman–Crippen MR) is 81.8 cm³/mol. The molecular formula is C16H22N2O4. The third kappa shape index (κ3) is 4.13. The lowest BCUT2D eigenvalue weighted by Crippen LogP contribution is -2.50. The number of ether oxygens (including phenoxy) is 1. The summed E-state index contributed by atoms with van der Waals surface area (Å²) in [6.07, 6.45) is 1.54. The molecule has 0 bridgehead atoms. The first-order valence-electron chi connectivity index (χ1n) is 7.62. The molecule has 2 amide bonds. The minimum Gasteiger partial charge on any atom is -0.508 e. The molecule has 6 heteroatoms. The molecule has 1 aliphatic rings. The zero-order valence-electron chi connectivity index (χ0n) is 12.8. The maximum atomic E-state index is 12.3. The fraction of sp³-hybridized carbons (Fsp3) is 0.500. The summed E-state index contributed by atoms with van der Waals surface area (Å²) in [5, 5.41) is 9.44.